The van der Waals surface area contributed by atoms with Crippen molar-refractivity contribution in [2.75, 3.05) is 5.32 Å². The van der Waals surface area contributed by atoms with Crippen LogP contribution in [-0.4, -0.2) is 5.91 Å². The number of benzene rings is 3. The summed E-state index contributed by atoms with van der Waals surface area (Å²) in [5.41, 5.74) is 4.77. The topological polar surface area (TPSA) is 54.3 Å². The van der Waals surface area contributed by atoms with Crippen molar-refractivity contribution >= 4 is 17.3 Å². The molecule has 1 amide bonds. The van der Waals surface area contributed by atoms with E-state index in [1.165, 1.54) is 5.56 Å². The first-order valence-electron chi connectivity index (χ1n) is 9.53. The SMILES string of the molecule is Cc1ccc(CNC(=O)c2cccc(Nc3ccc(-c4ccccc4)cc3)c2)o1. The van der Waals surface area contributed by atoms with Crippen LogP contribution in [-0.2, 0) is 6.54 Å². The molecule has 0 radical (unpaired) electrons. The van der Waals surface area contributed by atoms with E-state index >= 15 is 0 Å². The van der Waals surface area contributed by atoms with Crippen molar-refractivity contribution in [1.82, 2.24) is 5.32 Å². The first-order valence-corrected chi connectivity index (χ1v) is 9.53. The maximum absolute atomic E-state index is 12.5. The van der Waals surface area contributed by atoms with E-state index in [9.17, 15) is 4.79 Å². The summed E-state index contributed by atoms with van der Waals surface area (Å²) in [6.07, 6.45) is 0. The highest BCUT2D eigenvalue weighted by molar-refractivity contribution is 5.95. The molecule has 3 aromatic carbocycles. The van der Waals surface area contributed by atoms with Gasteiger partial charge in [0.25, 0.3) is 5.91 Å². The number of amides is 1. The van der Waals surface area contributed by atoms with Crippen LogP contribution in [0.25, 0.3) is 11.1 Å². The highest BCUT2D eigenvalue weighted by Gasteiger charge is 2.08. The van der Waals surface area contributed by atoms with E-state index in [1.54, 1.807) is 6.07 Å². The van der Waals surface area contributed by atoms with Gasteiger partial charge in [-0.3, -0.25) is 4.79 Å². The number of carbonyl (C=O) groups is 1. The van der Waals surface area contributed by atoms with Gasteiger partial charge in [-0.15, -0.1) is 0 Å². The number of furan rings is 1. The predicted molar refractivity (Wildman–Crippen MR) is 116 cm³/mol. The third kappa shape index (κ3) is 4.74. The molecule has 0 saturated heterocycles. The Morgan fingerprint density at radius 2 is 1.55 bits per heavy atom. The summed E-state index contributed by atoms with van der Waals surface area (Å²) in [6.45, 7) is 2.25. The number of aryl methyl sites for hydroxylation is 1. The van der Waals surface area contributed by atoms with Crippen molar-refractivity contribution in [2.45, 2.75) is 13.5 Å². The Balaban J connectivity index is 1.41. The zero-order chi connectivity index (χ0) is 20.1. The van der Waals surface area contributed by atoms with Gasteiger partial charge in [0, 0.05) is 16.9 Å². The Morgan fingerprint density at radius 1 is 0.793 bits per heavy atom. The van der Waals surface area contributed by atoms with Crippen LogP contribution in [0.1, 0.15) is 21.9 Å². The summed E-state index contributed by atoms with van der Waals surface area (Å²) in [6, 6.07) is 29.7. The van der Waals surface area contributed by atoms with Gasteiger partial charge in [-0.05, 0) is 60.5 Å². The Hall–Kier alpha value is -3.79. The van der Waals surface area contributed by atoms with E-state index in [0.29, 0.717) is 12.1 Å². The molecule has 1 heterocycles. The molecule has 144 valence electrons. The Morgan fingerprint density at radius 3 is 2.28 bits per heavy atom. The fourth-order valence-electron chi connectivity index (χ4n) is 3.13. The summed E-state index contributed by atoms with van der Waals surface area (Å²) in [4.78, 5) is 12.5. The minimum absolute atomic E-state index is 0.137. The van der Waals surface area contributed by atoms with Gasteiger partial charge in [-0.1, -0.05) is 48.5 Å². The number of hydrogen-bond acceptors (Lipinski definition) is 3. The minimum atomic E-state index is -0.137. The van der Waals surface area contributed by atoms with E-state index in [4.69, 9.17) is 4.42 Å². The lowest BCUT2D eigenvalue weighted by atomic mass is 10.1. The van der Waals surface area contributed by atoms with Crippen molar-refractivity contribution in [3.05, 3.63) is 108 Å². The smallest absolute Gasteiger partial charge is 0.251 e. The number of carbonyl (C=O) groups excluding carboxylic acids is 1. The van der Waals surface area contributed by atoms with Crippen LogP contribution >= 0.6 is 0 Å². The van der Waals surface area contributed by atoms with Crippen LogP contribution in [0.5, 0.6) is 0 Å². The zero-order valence-corrected chi connectivity index (χ0v) is 16.2. The second kappa shape index (κ2) is 8.48. The van der Waals surface area contributed by atoms with E-state index in [1.807, 2.05) is 67.6 Å². The van der Waals surface area contributed by atoms with E-state index in [2.05, 4.69) is 34.9 Å². The maximum Gasteiger partial charge on any atom is 0.251 e. The van der Waals surface area contributed by atoms with Crippen molar-refractivity contribution in [1.29, 1.82) is 0 Å². The van der Waals surface area contributed by atoms with Crippen LogP contribution < -0.4 is 10.6 Å². The molecule has 0 unspecified atom stereocenters. The van der Waals surface area contributed by atoms with Crippen LogP contribution in [0.3, 0.4) is 0 Å². The summed E-state index contributed by atoms with van der Waals surface area (Å²) in [5.74, 6) is 1.43. The van der Waals surface area contributed by atoms with E-state index in [-0.39, 0.29) is 5.91 Å². The van der Waals surface area contributed by atoms with Crippen LogP contribution in [0.2, 0.25) is 0 Å². The van der Waals surface area contributed by atoms with Gasteiger partial charge in [0.1, 0.15) is 11.5 Å². The van der Waals surface area contributed by atoms with Gasteiger partial charge in [-0.2, -0.15) is 0 Å². The van der Waals surface area contributed by atoms with Gasteiger partial charge in [0.15, 0.2) is 0 Å². The summed E-state index contributed by atoms with van der Waals surface area (Å²) >= 11 is 0. The van der Waals surface area contributed by atoms with Gasteiger partial charge in [-0.25, -0.2) is 0 Å². The lowest BCUT2D eigenvalue weighted by Crippen LogP contribution is -2.22. The monoisotopic (exact) mass is 382 g/mol. The Kier molecular flexibility index (Phi) is 5.43. The molecule has 4 rings (SSSR count). The summed E-state index contributed by atoms with van der Waals surface area (Å²) < 4.78 is 5.49. The molecular formula is C25H22N2O2. The molecule has 0 atom stereocenters. The first kappa shape index (κ1) is 18.6. The molecule has 0 saturated carbocycles. The second-order valence-electron chi connectivity index (χ2n) is 6.84. The minimum Gasteiger partial charge on any atom is -0.465 e. The molecule has 0 bridgehead atoms. The molecule has 1 aromatic heterocycles. The highest BCUT2D eigenvalue weighted by atomic mass is 16.3. The van der Waals surface area contributed by atoms with Crippen LogP contribution in [0.15, 0.2) is 95.4 Å². The number of rotatable bonds is 6. The third-order valence-corrected chi connectivity index (χ3v) is 4.62. The number of anilines is 2. The van der Waals surface area contributed by atoms with Crippen molar-refractivity contribution in [3.63, 3.8) is 0 Å². The lowest BCUT2D eigenvalue weighted by Gasteiger charge is -2.10. The lowest BCUT2D eigenvalue weighted by molar-refractivity contribution is 0.0948. The fourth-order valence-corrected chi connectivity index (χ4v) is 3.13. The first-order chi connectivity index (χ1) is 14.2. The molecule has 4 aromatic rings. The Bertz CT molecular complexity index is 1100. The molecule has 4 nitrogen and oxygen atoms in total. The second-order valence-corrected chi connectivity index (χ2v) is 6.84. The molecule has 0 aliphatic carbocycles. The van der Waals surface area contributed by atoms with Gasteiger partial charge < -0.3 is 15.1 Å². The van der Waals surface area contributed by atoms with Crippen molar-refractivity contribution < 1.29 is 9.21 Å². The van der Waals surface area contributed by atoms with Crippen LogP contribution in [0.4, 0.5) is 11.4 Å². The molecule has 0 aliphatic rings. The molecule has 4 heteroatoms. The van der Waals surface area contributed by atoms with Crippen molar-refractivity contribution in [2.24, 2.45) is 0 Å². The van der Waals surface area contributed by atoms with Gasteiger partial charge >= 0.3 is 0 Å². The molecule has 29 heavy (non-hydrogen) atoms. The molecule has 0 aliphatic heterocycles. The molecular weight excluding hydrogens is 360 g/mol. The van der Waals surface area contributed by atoms with Gasteiger partial charge in [0.2, 0.25) is 0 Å². The molecule has 0 fully saturated rings. The molecule has 2 N–H and O–H groups in total. The quantitative estimate of drug-likeness (QED) is 0.435. The highest BCUT2D eigenvalue weighted by Crippen LogP contribution is 2.23. The summed E-state index contributed by atoms with van der Waals surface area (Å²) in [5, 5.41) is 6.24. The number of hydrogen-bond donors (Lipinski definition) is 2. The molecule has 0 spiro atoms. The average molecular weight is 382 g/mol. The summed E-state index contributed by atoms with van der Waals surface area (Å²) in [7, 11) is 0. The Labute approximate surface area is 170 Å². The van der Waals surface area contributed by atoms with Crippen LogP contribution in [0, 0.1) is 6.92 Å². The normalized spacial score (nSPS) is 10.5. The zero-order valence-electron chi connectivity index (χ0n) is 16.2. The largest absolute Gasteiger partial charge is 0.465 e. The number of nitrogens with one attached hydrogen (secondary N) is 2. The van der Waals surface area contributed by atoms with Crippen molar-refractivity contribution in [3.8, 4) is 11.1 Å². The average Bonchev–Trinajstić information content (AvgIpc) is 3.18. The maximum atomic E-state index is 12.5. The third-order valence-electron chi connectivity index (χ3n) is 4.62. The van der Waals surface area contributed by atoms with Gasteiger partial charge in [0.05, 0.1) is 6.54 Å². The standard InChI is InChI=1S/C25H22N2O2/c1-18-10-15-24(29-18)17-26-25(28)21-8-5-9-23(16-21)27-22-13-11-20(12-14-22)19-6-3-2-4-7-19/h2-16,27H,17H2,1H3,(H,26,28). The van der Waals surface area contributed by atoms with E-state index in [0.717, 1.165) is 28.5 Å². The van der Waals surface area contributed by atoms with E-state index < -0.39 is 0 Å². The predicted octanol–water partition coefficient (Wildman–Crippen LogP) is 5.93. The fraction of sp³-hybridized carbons (Fsp3) is 0.0800.